The Kier molecular flexibility index (Phi) is 4.37. The van der Waals surface area contributed by atoms with Crippen molar-refractivity contribution in [3.05, 3.63) is 40.6 Å². The van der Waals surface area contributed by atoms with Gasteiger partial charge in [-0.3, -0.25) is 4.90 Å². The van der Waals surface area contributed by atoms with Crippen LogP contribution in [0, 0.1) is 5.82 Å². The first-order chi connectivity index (χ1) is 8.65. The number of aromatic hydroxyl groups is 1. The highest BCUT2D eigenvalue weighted by Gasteiger charge is 2.25. The van der Waals surface area contributed by atoms with Gasteiger partial charge in [0, 0.05) is 26.2 Å². The smallest absolute Gasteiger partial charge is 0.137 e. The van der Waals surface area contributed by atoms with Crippen LogP contribution in [0.3, 0.4) is 0 Å². The van der Waals surface area contributed by atoms with Crippen LogP contribution in [0.2, 0.25) is 0 Å². The number of phenolic OH excluding ortho intramolecular Hbond substituents is 1. The standard InChI is InChI=1S/C13H16BrFN2O/c1-2-11(17-7-5-16-6-8-17)12-10(15)4-3-9(14)13(12)18/h2-4,11,16,18H,1,5-8H2/t11-/m1/s1. The molecule has 1 saturated heterocycles. The van der Waals surface area contributed by atoms with Gasteiger partial charge in [-0.1, -0.05) is 6.08 Å². The molecule has 0 saturated carbocycles. The van der Waals surface area contributed by atoms with E-state index in [9.17, 15) is 9.50 Å². The highest BCUT2D eigenvalue weighted by molar-refractivity contribution is 9.10. The molecule has 0 amide bonds. The summed E-state index contributed by atoms with van der Waals surface area (Å²) in [5.74, 6) is -0.447. The molecule has 98 valence electrons. The Morgan fingerprint density at radius 3 is 2.72 bits per heavy atom. The number of rotatable bonds is 3. The van der Waals surface area contributed by atoms with Crippen molar-refractivity contribution < 1.29 is 9.50 Å². The van der Waals surface area contributed by atoms with Gasteiger partial charge in [-0.2, -0.15) is 0 Å². The summed E-state index contributed by atoms with van der Waals surface area (Å²) < 4.78 is 14.5. The zero-order chi connectivity index (χ0) is 13.1. The summed E-state index contributed by atoms with van der Waals surface area (Å²) in [6.07, 6.45) is 1.68. The lowest BCUT2D eigenvalue weighted by atomic mass is 10.0. The quantitative estimate of drug-likeness (QED) is 0.841. The topological polar surface area (TPSA) is 35.5 Å². The Hall–Kier alpha value is -0.910. The Labute approximate surface area is 114 Å². The van der Waals surface area contributed by atoms with E-state index < -0.39 is 5.82 Å². The van der Waals surface area contributed by atoms with Crippen LogP contribution in [0.5, 0.6) is 5.75 Å². The second kappa shape index (κ2) is 5.82. The van der Waals surface area contributed by atoms with Crippen LogP contribution in [0.1, 0.15) is 11.6 Å². The molecule has 0 radical (unpaired) electrons. The predicted molar refractivity (Wildman–Crippen MR) is 73.1 cm³/mol. The maximum Gasteiger partial charge on any atom is 0.137 e. The highest BCUT2D eigenvalue weighted by atomic mass is 79.9. The first kappa shape index (κ1) is 13.5. The van der Waals surface area contributed by atoms with Gasteiger partial charge < -0.3 is 10.4 Å². The molecule has 2 N–H and O–H groups in total. The van der Waals surface area contributed by atoms with Crippen LogP contribution in [0.15, 0.2) is 29.3 Å². The van der Waals surface area contributed by atoms with Gasteiger partial charge in [0.05, 0.1) is 16.1 Å². The molecule has 1 fully saturated rings. The molecule has 0 aliphatic carbocycles. The number of piperazine rings is 1. The summed E-state index contributed by atoms with van der Waals surface area (Å²) in [6, 6.07) is 2.56. The number of halogens is 2. The Bertz CT molecular complexity index is 447. The van der Waals surface area contributed by atoms with Crippen molar-refractivity contribution >= 4 is 15.9 Å². The summed E-state index contributed by atoms with van der Waals surface area (Å²) >= 11 is 3.22. The molecule has 1 aliphatic rings. The number of nitrogens with one attached hydrogen (secondary N) is 1. The third-order valence-corrected chi connectivity index (χ3v) is 3.82. The van der Waals surface area contributed by atoms with E-state index in [1.807, 2.05) is 0 Å². The second-order valence-corrected chi connectivity index (χ2v) is 5.11. The van der Waals surface area contributed by atoms with Crippen LogP contribution in [-0.2, 0) is 0 Å². The first-order valence-electron chi connectivity index (χ1n) is 5.89. The van der Waals surface area contributed by atoms with Crippen molar-refractivity contribution in [2.75, 3.05) is 26.2 Å². The summed E-state index contributed by atoms with van der Waals surface area (Å²) in [4.78, 5) is 2.11. The van der Waals surface area contributed by atoms with Gasteiger partial charge in [0.1, 0.15) is 11.6 Å². The van der Waals surface area contributed by atoms with E-state index in [-0.39, 0.29) is 11.8 Å². The van der Waals surface area contributed by atoms with Crippen LogP contribution in [0.25, 0.3) is 0 Å². The molecule has 0 spiro atoms. The second-order valence-electron chi connectivity index (χ2n) is 4.26. The predicted octanol–water partition coefficient (Wildman–Crippen LogP) is 2.43. The van der Waals surface area contributed by atoms with E-state index in [4.69, 9.17) is 0 Å². The lowest BCUT2D eigenvalue weighted by molar-refractivity contribution is 0.197. The van der Waals surface area contributed by atoms with Crippen molar-refractivity contribution in [1.82, 2.24) is 10.2 Å². The molecule has 0 aromatic heterocycles. The minimum atomic E-state index is -0.404. The number of hydrogen-bond acceptors (Lipinski definition) is 3. The summed E-state index contributed by atoms with van der Waals surface area (Å²) in [7, 11) is 0. The Morgan fingerprint density at radius 1 is 1.44 bits per heavy atom. The fourth-order valence-corrected chi connectivity index (χ4v) is 2.59. The van der Waals surface area contributed by atoms with E-state index in [0.29, 0.717) is 10.0 Å². The van der Waals surface area contributed by atoms with E-state index in [1.54, 1.807) is 6.08 Å². The number of nitrogens with zero attached hydrogens (tertiary/aromatic N) is 1. The molecule has 18 heavy (non-hydrogen) atoms. The van der Waals surface area contributed by atoms with Crippen LogP contribution < -0.4 is 5.32 Å². The SMILES string of the molecule is C=C[C@H](c1c(F)ccc(Br)c1O)N1CCNCC1. The van der Waals surface area contributed by atoms with Gasteiger partial charge >= 0.3 is 0 Å². The average Bonchev–Trinajstić information content (AvgIpc) is 2.40. The molecule has 1 aliphatic heterocycles. The molecule has 1 heterocycles. The van der Waals surface area contributed by atoms with Crippen molar-refractivity contribution in [2.24, 2.45) is 0 Å². The van der Waals surface area contributed by atoms with Gasteiger partial charge in [-0.15, -0.1) is 6.58 Å². The molecule has 5 heteroatoms. The number of benzene rings is 1. The third-order valence-electron chi connectivity index (χ3n) is 3.18. The monoisotopic (exact) mass is 314 g/mol. The Balaban J connectivity index is 2.37. The summed E-state index contributed by atoms with van der Waals surface area (Å²) in [5, 5.41) is 13.3. The molecular weight excluding hydrogens is 299 g/mol. The Morgan fingerprint density at radius 2 is 2.11 bits per heavy atom. The van der Waals surface area contributed by atoms with E-state index in [1.165, 1.54) is 12.1 Å². The van der Waals surface area contributed by atoms with Crippen molar-refractivity contribution in [3.63, 3.8) is 0 Å². The molecule has 2 rings (SSSR count). The van der Waals surface area contributed by atoms with Gasteiger partial charge in [-0.25, -0.2) is 4.39 Å². The molecule has 1 aromatic rings. The fraction of sp³-hybridized carbons (Fsp3) is 0.385. The van der Waals surface area contributed by atoms with Gasteiger partial charge in [0.15, 0.2) is 0 Å². The molecule has 3 nitrogen and oxygen atoms in total. The molecule has 0 bridgehead atoms. The maximum absolute atomic E-state index is 14.0. The first-order valence-corrected chi connectivity index (χ1v) is 6.68. The van der Waals surface area contributed by atoms with Crippen LogP contribution in [-0.4, -0.2) is 36.2 Å². The van der Waals surface area contributed by atoms with Crippen molar-refractivity contribution in [3.8, 4) is 5.75 Å². The molecule has 1 aromatic carbocycles. The van der Waals surface area contributed by atoms with Crippen molar-refractivity contribution in [1.29, 1.82) is 0 Å². The fourth-order valence-electron chi connectivity index (χ4n) is 2.25. The summed E-state index contributed by atoms with van der Waals surface area (Å²) in [5.41, 5.74) is 0.293. The largest absolute Gasteiger partial charge is 0.506 e. The zero-order valence-electron chi connectivity index (χ0n) is 10.00. The van der Waals surface area contributed by atoms with Gasteiger partial charge in [0.2, 0.25) is 0 Å². The van der Waals surface area contributed by atoms with Gasteiger partial charge in [0.25, 0.3) is 0 Å². The van der Waals surface area contributed by atoms with E-state index in [0.717, 1.165) is 26.2 Å². The third kappa shape index (κ3) is 2.58. The summed E-state index contributed by atoms with van der Waals surface area (Å²) in [6.45, 7) is 7.11. The number of phenols is 1. The van der Waals surface area contributed by atoms with Crippen molar-refractivity contribution in [2.45, 2.75) is 6.04 Å². The minimum Gasteiger partial charge on any atom is -0.506 e. The van der Waals surface area contributed by atoms with Crippen LogP contribution >= 0.6 is 15.9 Å². The lowest BCUT2D eigenvalue weighted by Gasteiger charge is -2.33. The normalized spacial score (nSPS) is 18.6. The van der Waals surface area contributed by atoms with E-state index in [2.05, 4.69) is 32.7 Å². The van der Waals surface area contributed by atoms with Gasteiger partial charge in [-0.05, 0) is 28.1 Å². The maximum atomic E-state index is 14.0. The zero-order valence-corrected chi connectivity index (χ0v) is 11.6. The molecule has 1 atom stereocenters. The highest BCUT2D eigenvalue weighted by Crippen LogP contribution is 2.37. The van der Waals surface area contributed by atoms with Crippen LogP contribution in [0.4, 0.5) is 4.39 Å². The minimum absolute atomic E-state index is 0.0431. The lowest BCUT2D eigenvalue weighted by Crippen LogP contribution is -2.44. The molecular formula is C13H16BrFN2O. The number of hydrogen-bond donors (Lipinski definition) is 2. The molecule has 0 unspecified atom stereocenters. The van der Waals surface area contributed by atoms with E-state index >= 15 is 0 Å². The average molecular weight is 315 g/mol.